The first-order valence-corrected chi connectivity index (χ1v) is 11.7. The van der Waals surface area contributed by atoms with Gasteiger partial charge in [0.2, 0.25) is 15.9 Å². The molecule has 1 heterocycles. The highest BCUT2D eigenvalue weighted by molar-refractivity contribution is 7.89. The molecule has 1 amide bonds. The Labute approximate surface area is 177 Å². The molecule has 8 heteroatoms. The van der Waals surface area contributed by atoms with Gasteiger partial charge < -0.3 is 9.80 Å². The summed E-state index contributed by atoms with van der Waals surface area (Å²) in [6, 6.07) is 16.5. The SMILES string of the molecule is NS(=O)(=O)c1ccc(CCN2CCC(N(C(=O)CCl)c3ccccc3)CC2)cc1. The van der Waals surface area contributed by atoms with Gasteiger partial charge in [0.1, 0.15) is 5.88 Å². The topological polar surface area (TPSA) is 83.7 Å². The fourth-order valence-corrected chi connectivity index (χ4v) is 4.39. The Morgan fingerprint density at radius 1 is 1.07 bits per heavy atom. The number of hydrogen-bond donors (Lipinski definition) is 1. The number of benzene rings is 2. The lowest BCUT2D eigenvalue weighted by Gasteiger charge is -2.38. The molecule has 2 aromatic carbocycles. The zero-order chi connectivity index (χ0) is 20.9. The van der Waals surface area contributed by atoms with Crippen molar-refractivity contribution in [3.63, 3.8) is 0 Å². The molecule has 156 valence electrons. The third-order valence-corrected chi connectivity index (χ3v) is 6.47. The molecule has 29 heavy (non-hydrogen) atoms. The average Bonchev–Trinajstić information content (AvgIpc) is 2.73. The maximum absolute atomic E-state index is 12.4. The van der Waals surface area contributed by atoms with Gasteiger partial charge >= 0.3 is 0 Å². The second-order valence-corrected chi connectivity index (χ2v) is 9.07. The lowest BCUT2D eigenvalue weighted by atomic mass is 10.0. The van der Waals surface area contributed by atoms with Crippen LogP contribution in [0.2, 0.25) is 0 Å². The highest BCUT2D eigenvalue weighted by atomic mass is 35.5. The van der Waals surface area contributed by atoms with Gasteiger partial charge in [-0.15, -0.1) is 11.6 Å². The molecule has 2 N–H and O–H groups in total. The number of amides is 1. The van der Waals surface area contributed by atoms with Crippen molar-refractivity contribution in [2.75, 3.05) is 30.4 Å². The number of piperidine rings is 1. The van der Waals surface area contributed by atoms with Crippen molar-refractivity contribution >= 4 is 33.2 Å². The number of primary sulfonamides is 1. The number of alkyl halides is 1. The molecule has 0 atom stereocenters. The smallest absolute Gasteiger partial charge is 0.242 e. The third kappa shape index (κ3) is 5.79. The summed E-state index contributed by atoms with van der Waals surface area (Å²) in [7, 11) is -3.65. The van der Waals surface area contributed by atoms with E-state index < -0.39 is 10.0 Å². The summed E-state index contributed by atoms with van der Waals surface area (Å²) in [6.45, 7) is 2.69. The van der Waals surface area contributed by atoms with E-state index in [2.05, 4.69) is 4.90 Å². The monoisotopic (exact) mass is 435 g/mol. The van der Waals surface area contributed by atoms with E-state index in [0.717, 1.165) is 50.1 Å². The zero-order valence-electron chi connectivity index (χ0n) is 16.2. The number of nitrogens with zero attached hydrogens (tertiary/aromatic N) is 2. The van der Waals surface area contributed by atoms with Crippen LogP contribution in [0.3, 0.4) is 0 Å². The van der Waals surface area contributed by atoms with Crippen molar-refractivity contribution in [2.24, 2.45) is 5.14 Å². The van der Waals surface area contributed by atoms with Crippen molar-refractivity contribution in [3.8, 4) is 0 Å². The number of sulfonamides is 1. The predicted octanol–water partition coefficient (Wildman–Crippen LogP) is 2.61. The van der Waals surface area contributed by atoms with E-state index in [9.17, 15) is 13.2 Å². The van der Waals surface area contributed by atoms with Gasteiger partial charge in [-0.05, 0) is 49.1 Å². The van der Waals surface area contributed by atoms with Crippen LogP contribution >= 0.6 is 11.6 Å². The molecule has 0 radical (unpaired) electrons. The van der Waals surface area contributed by atoms with Gasteiger partial charge in [-0.1, -0.05) is 30.3 Å². The highest BCUT2D eigenvalue weighted by Gasteiger charge is 2.28. The van der Waals surface area contributed by atoms with Crippen LogP contribution in [0.25, 0.3) is 0 Å². The number of anilines is 1. The van der Waals surface area contributed by atoms with Crippen LogP contribution in [0.4, 0.5) is 5.69 Å². The molecule has 6 nitrogen and oxygen atoms in total. The largest absolute Gasteiger partial charge is 0.308 e. The molecule has 0 bridgehead atoms. The minimum absolute atomic E-state index is 0.0242. The first-order chi connectivity index (χ1) is 13.9. The molecule has 3 rings (SSSR count). The molecule has 0 unspecified atom stereocenters. The first-order valence-electron chi connectivity index (χ1n) is 9.65. The summed E-state index contributed by atoms with van der Waals surface area (Å²) in [4.78, 5) is 16.8. The van der Waals surface area contributed by atoms with Gasteiger partial charge in [-0.25, -0.2) is 13.6 Å². The number of rotatable bonds is 7. The summed E-state index contributed by atoms with van der Waals surface area (Å²) in [5.74, 6) is -0.0878. The van der Waals surface area contributed by atoms with E-state index in [1.807, 2.05) is 47.4 Å². The minimum Gasteiger partial charge on any atom is -0.308 e. The van der Waals surface area contributed by atoms with E-state index in [0.29, 0.717) is 0 Å². The number of likely N-dealkylation sites (tertiary alicyclic amines) is 1. The lowest BCUT2D eigenvalue weighted by Crippen LogP contribution is -2.48. The van der Waals surface area contributed by atoms with Crippen LogP contribution < -0.4 is 10.0 Å². The van der Waals surface area contributed by atoms with Crippen LogP contribution in [0.15, 0.2) is 59.5 Å². The normalized spacial score (nSPS) is 15.9. The molecule has 0 aromatic heterocycles. The molecule has 1 aliphatic heterocycles. The molecule has 0 spiro atoms. The highest BCUT2D eigenvalue weighted by Crippen LogP contribution is 2.24. The zero-order valence-corrected chi connectivity index (χ0v) is 17.8. The molecule has 1 fully saturated rings. The Balaban J connectivity index is 1.55. The predicted molar refractivity (Wildman–Crippen MR) is 116 cm³/mol. The first kappa shape index (κ1) is 21.8. The lowest BCUT2D eigenvalue weighted by molar-refractivity contribution is -0.117. The number of halogens is 1. The van der Waals surface area contributed by atoms with Crippen LogP contribution in [0, 0.1) is 0 Å². The second-order valence-electron chi connectivity index (χ2n) is 7.24. The van der Waals surface area contributed by atoms with Gasteiger partial charge in [-0.2, -0.15) is 0 Å². The second kappa shape index (κ2) is 9.71. The van der Waals surface area contributed by atoms with Crippen molar-refractivity contribution in [3.05, 3.63) is 60.2 Å². The number of carbonyl (C=O) groups is 1. The van der Waals surface area contributed by atoms with Crippen LogP contribution in [-0.4, -0.2) is 50.8 Å². The van der Waals surface area contributed by atoms with Crippen molar-refractivity contribution < 1.29 is 13.2 Å². The van der Waals surface area contributed by atoms with E-state index in [1.165, 1.54) is 0 Å². The van der Waals surface area contributed by atoms with Gasteiger partial charge in [0.25, 0.3) is 0 Å². The van der Waals surface area contributed by atoms with Gasteiger partial charge in [-0.3, -0.25) is 4.79 Å². The molecular formula is C21H26ClN3O3S. The maximum Gasteiger partial charge on any atom is 0.242 e. The van der Waals surface area contributed by atoms with Crippen molar-refractivity contribution in [1.29, 1.82) is 0 Å². The van der Waals surface area contributed by atoms with Crippen LogP contribution in [-0.2, 0) is 21.2 Å². The van der Waals surface area contributed by atoms with Gasteiger partial charge in [0.15, 0.2) is 0 Å². The summed E-state index contributed by atoms with van der Waals surface area (Å²) in [5, 5.41) is 5.14. The number of para-hydroxylation sites is 1. The Morgan fingerprint density at radius 3 is 2.24 bits per heavy atom. The van der Waals surface area contributed by atoms with E-state index in [4.69, 9.17) is 16.7 Å². The van der Waals surface area contributed by atoms with Crippen LogP contribution in [0.1, 0.15) is 18.4 Å². The van der Waals surface area contributed by atoms with Crippen molar-refractivity contribution in [1.82, 2.24) is 4.90 Å². The number of carbonyl (C=O) groups excluding carboxylic acids is 1. The summed E-state index contributed by atoms with van der Waals surface area (Å²) < 4.78 is 22.7. The van der Waals surface area contributed by atoms with E-state index in [-0.39, 0.29) is 22.7 Å². The fraction of sp³-hybridized carbons (Fsp3) is 0.381. The number of nitrogens with two attached hydrogens (primary N) is 1. The molecule has 2 aromatic rings. The Kier molecular flexibility index (Phi) is 7.29. The molecular weight excluding hydrogens is 410 g/mol. The van der Waals surface area contributed by atoms with Gasteiger partial charge in [0.05, 0.1) is 4.90 Å². The molecule has 1 aliphatic rings. The summed E-state index contributed by atoms with van der Waals surface area (Å²) in [6.07, 6.45) is 2.61. The Bertz CT molecular complexity index is 912. The quantitative estimate of drug-likeness (QED) is 0.677. The van der Waals surface area contributed by atoms with E-state index in [1.54, 1.807) is 12.1 Å². The fourth-order valence-electron chi connectivity index (χ4n) is 3.75. The standard InChI is InChI=1S/C21H26ClN3O3S/c22-16-21(26)25(18-4-2-1-3-5-18)19-11-14-24(15-12-19)13-10-17-6-8-20(9-7-17)29(23,27)28/h1-9,19H,10-16H2,(H2,23,27,28). The van der Waals surface area contributed by atoms with Gasteiger partial charge in [0, 0.05) is 31.4 Å². The third-order valence-electron chi connectivity index (χ3n) is 5.31. The van der Waals surface area contributed by atoms with Crippen molar-refractivity contribution in [2.45, 2.75) is 30.2 Å². The van der Waals surface area contributed by atoms with E-state index >= 15 is 0 Å². The summed E-state index contributed by atoms with van der Waals surface area (Å²) >= 11 is 5.85. The molecule has 0 aliphatic carbocycles. The molecule has 1 saturated heterocycles. The minimum atomic E-state index is -3.65. The average molecular weight is 436 g/mol. The summed E-state index contributed by atoms with van der Waals surface area (Å²) in [5.41, 5.74) is 1.97. The number of hydrogen-bond acceptors (Lipinski definition) is 4. The molecule has 0 saturated carbocycles. The Morgan fingerprint density at radius 2 is 1.69 bits per heavy atom. The maximum atomic E-state index is 12.4. The van der Waals surface area contributed by atoms with Crippen LogP contribution in [0.5, 0.6) is 0 Å². The Hall–Kier alpha value is -1.93.